The molecule has 3 aromatic rings. The van der Waals surface area contributed by atoms with Crippen molar-refractivity contribution in [3.05, 3.63) is 71.3 Å². The molecular weight excluding hydrogens is 372 g/mol. The van der Waals surface area contributed by atoms with Gasteiger partial charge in [0.25, 0.3) is 5.91 Å². The topological polar surface area (TPSA) is 69.0 Å². The number of carbonyl (C=O) groups is 1. The number of amides is 1. The van der Waals surface area contributed by atoms with Crippen molar-refractivity contribution in [1.82, 2.24) is 14.5 Å². The van der Waals surface area contributed by atoms with Crippen molar-refractivity contribution in [3.63, 3.8) is 0 Å². The van der Waals surface area contributed by atoms with Gasteiger partial charge in [-0.1, -0.05) is 6.08 Å². The minimum Gasteiger partial charge on any atom is -0.381 e. The first-order valence-corrected chi connectivity index (χ1v) is 10.2. The highest BCUT2D eigenvalue weighted by molar-refractivity contribution is 7.14. The summed E-state index contributed by atoms with van der Waals surface area (Å²) in [6, 6.07) is 7.58. The Balaban J connectivity index is 1.39. The second kappa shape index (κ2) is 8.95. The van der Waals surface area contributed by atoms with Gasteiger partial charge in [-0.3, -0.25) is 15.1 Å². The van der Waals surface area contributed by atoms with Crippen molar-refractivity contribution in [1.29, 1.82) is 0 Å². The number of thiazole rings is 1. The molecule has 1 aliphatic rings. The van der Waals surface area contributed by atoms with Crippen molar-refractivity contribution in [2.45, 2.75) is 19.4 Å². The van der Waals surface area contributed by atoms with Crippen LogP contribution in [0.4, 0.5) is 5.13 Å². The van der Waals surface area contributed by atoms with Crippen LogP contribution in [0.2, 0.25) is 0 Å². The zero-order valence-corrected chi connectivity index (χ0v) is 16.3. The maximum Gasteiger partial charge on any atom is 0.274 e. The molecule has 0 bridgehead atoms. The van der Waals surface area contributed by atoms with E-state index in [1.54, 1.807) is 12.4 Å². The molecule has 4 rings (SSSR count). The van der Waals surface area contributed by atoms with Crippen LogP contribution in [0.1, 0.15) is 34.6 Å². The Morgan fingerprint density at radius 2 is 2.11 bits per heavy atom. The van der Waals surface area contributed by atoms with Gasteiger partial charge in [-0.15, -0.1) is 11.3 Å². The number of hydrogen-bond acceptors (Lipinski definition) is 5. The molecule has 0 atom stereocenters. The lowest BCUT2D eigenvalue weighted by Crippen LogP contribution is -2.17. The second-order valence-corrected chi connectivity index (χ2v) is 7.58. The first kappa shape index (κ1) is 18.6. The number of anilines is 1. The smallest absolute Gasteiger partial charge is 0.274 e. The third-order valence-corrected chi connectivity index (χ3v) is 5.49. The zero-order valence-electron chi connectivity index (χ0n) is 15.5. The van der Waals surface area contributed by atoms with Crippen molar-refractivity contribution in [2.75, 3.05) is 18.5 Å². The Morgan fingerprint density at radius 3 is 2.93 bits per heavy atom. The molecule has 0 unspecified atom stereocenters. The lowest BCUT2D eigenvalue weighted by atomic mass is 10.00. The minimum absolute atomic E-state index is 0.159. The number of aromatic nitrogens is 3. The lowest BCUT2D eigenvalue weighted by molar-refractivity contribution is 0.0787. The van der Waals surface area contributed by atoms with Crippen molar-refractivity contribution in [2.24, 2.45) is 5.92 Å². The third kappa shape index (κ3) is 4.74. The van der Waals surface area contributed by atoms with Crippen LogP contribution in [-0.2, 0) is 11.3 Å². The summed E-state index contributed by atoms with van der Waals surface area (Å²) in [4.78, 5) is 21.2. The highest BCUT2D eigenvalue weighted by Gasteiger charge is 2.14. The molecule has 0 radical (unpaired) electrons. The summed E-state index contributed by atoms with van der Waals surface area (Å²) in [5, 5.41) is 5.47. The number of nitrogens with zero attached hydrogens (tertiary/aromatic N) is 3. The van der Waals surface area contributed by atoms with Gasteiger partial charge in [0.1, 0.15) is 5.69 Å². The normalized spacial score (nSPS) is 15.1. The number of carbonyl (C=O) groups excluding carboxylic acids is 1. The average Bonchev–Trinajstić information content (AvgIpc) is 3.37. The molecular formula is C21H22N4O2S. The minimum atomic E-state index is -0.159. The quantitative estimate of drug-likeness (QED) is 0.684. The number of pyridine rings is 1. The fraction of sp³-hybridized carbons (Fsp3) is 0.286. The average molecular weight is 395 g/mol. The van der Waals surface area contributed by atoms with Gasteiger partial charge in [0, 0.05) is 43.7 Å². The first-order chi connectivity index (χ1) is 13.8. The molecule has 1 aliphatic heterocycles. The molecule has 7 heteroatoms. The van der Waals surface area contributed by atoms with Crippen LogP contribution in [0, 0.1) is 5.92 Å². The van der Waals surface area contributed by atoms with Crippen LogP contribution < -0.4 is 5.32 Å². The van der Waals surface area contributed by atoms with E-state index in [-0.39, 0.29) is 5.91 Å². The SMILES string of the molecule is O=C(Nc1nc(/C=C/C2CCOCC2)cs1)c1cccn1Cc1ccncc1. The van der Waals surface area contributed by atoms with E-state index in [1.165, 1.54) is 11.3 Å². The maximum absolute atomic E-state index is 12.7. The van der Waals surface area contributed by atoms with Crippen LogP contribution in [0.25, 0.3) is 6.08 Å². The largest absolute Gasteiger partial charge is 0.381 e. The Bertz CT molecular complexity index is 942. The van der Waals surface area contributed by atoms with E-state index in [1.807, 2.05) is 46.5 Å². The van der Waals surface area contributed by atoms with Crippen LogP contribution >= 0.6 is 11.3 Å². The number of allylic oxidation sites excluding steroid dienone is 1. The van der Waals surface area contributed by atoms with Gasteiger partial charge in [-0.25, -0.2) is 4.98 Å². The molecule has 4 heterocycles. The Morgan fingerprint density at radius 1 is 1.29 bits per heavy atom. The summed E-state index contributed by atoms with van der Waals surface area (Å²) in [6.45, 7) is 2.27. The lowest BCUT2D eigenvalue weighted by Gasteiger charge is -2.18. The molecule has 1 N–H and O–H groups in total. The van der Waals surface area contributed by atoms with Gasteiger partial charge in [0.2, 0.25) is 0 Å². The third-order valence-electron chi connectivity index (χ3n) is 4.71. The Kier molecular flexibility index (Phi) is 5.94. The summed E-state index contributed by atoms with van der Waals surface area (Å²) in [6.07, 6.45) is 11.8. The highest BCUT2D eigenvalue weighted by Crippen LogP contribution is 2.21. The number of ether oxygens (including phenoxy) is 1. The van der Waals surface area contributed by atoms with Crippen molar-refractivity contribution < 1.29 is 9.53 Å². The van der Waals surface area contributed by atoms with Gasteiger partial charge < -0.3 is 9.30 Å². The summed E-state index contributed by atoms with van der Waals surface area (Å²) in [7, 11) is 0. The van der Waals surface area contributed by atoms with Crippen LogP contribution in [0.5, 0.6) is 0 Å². The predicted molar refractivity (Wildman–Crippen MR) is 110 cm³/mol. The second-order valence-electron chi connectivity index (χ2n) is 6.72. The van der Waals surface area contributed by atoms with E-state index in [4.69, 9.17) is 4.74 Å². The molecule has 28 heavy (non-hydrogen) atoms. The van der Waals surface area contributed by atoms with Gasteiger partial charge in [-0.2, -0.15) is 0 Å². The Labute approximate surface area is 167 Å². The molecule has 1 amide bonds. The zero-order chi connectivity index (χ0) is 19.2. The highest BCUT2D eigenvalue weighted by atomic mass is 32.1. The van der Waals surface area contributed by atoms with Gasteiger partial charge >= 0.3 is 0 Å². The Hall–Kier alpha value is -2.77. The van der Waals surface area contributed by atoms with E-state index in [0.29, 0.717) is 23.3 Å². The summed E-state index contributed by atoms with van der Waals surface area (Å²) >= 11 is 1.44. The van der Waals surface area contributed by atoms with E-state index in [0.717, 1.165) is 37.3 Å². The molecule has 1 fully saturated rings. The van der Waals surface area contributed by atoms with Gasteiger partial charge in [0.05, 0.1) is 5.69 Å². The standard InChI is InChI=1S/C21H22N4O2S/c26-20(19-2-1-11-25(19)14-17-5-9-22-10-6-17)24-21-23-18(15-28-21)4-3-16-7-12-27-13-8-16/h1-6,9-11,15-16H,7-8,12-14H2,(H,23,24,26)/b4-3+. The number of nitrogens with one attached hydrogen (secondary N) is 1. The predicted octanol–water partition coefficient (Wildman–Crippen LogP) is 4.08. The number of rotatable bonds is 6. The van der Waals surface area contributed by atoms with Gasteiger partial charge in [-0.05, 0) is 54.7 Å². The van der Waals surface area contributed by atoms with E-state index in [2.05, 4.69) is 21.4 Å². The first-order valence-electron chi connectivity index (χ1n) is 9.35. The van der Waals surface area contributed by atoms with Crippen molar-refractivity contribution in [3.8, 4) is 0 Å². The van der Waals surface area contributed by atoms with Crippen LogP contribution in [0.15, 0.2) is 54.3 Å². The molecule has 0 spiro atoms. The fourth-order valence-electron chi connectivity index (χ4n) is 3.17. The van der Waals surface area contributed by atoms with Gasteiger partial charge in [0.15, 0.2) is 5.13 Å². The summed E-state index contributed by atoms with van der Waals surface area (Å²) < 4.78 is 7.30. The molecule has 1 saturated heterocycles. The molecule has 0 saturated carbocycles. The fourth-order valence-corrected chi connectivity index (χ4v) is 3.84. The van der Waals surface area contributed by atoms with Crippen LogP contribution in [-0.4, -0.2) is 33.7 Å². The summed E-state index contributed by atoms with van der Waals surface area (Å²) in [5.74, 6) is 0.387. The monoisotopic (exact) mass is 394 g/mol. The van der Waals surface area contributed by atoms with Crippen LogP contribution in [0.3, 0.4) is 0 Å². The molecule has 0 aromatic carbocycles. The number of hydrogen-bond donors (Lipinski definition) is 1. The van der Waals surface area contributed by atoms with E-state index in [9.17, 15) is 4.79 Å². The van der Waals surface area contributed by atoms with E-state index < -0.39 is 0 Å². The molecule has 144 valence electrons. The van der Waals surface area contributed by atoms with E-state index >= 15 is 0 Å². The molecule has 3 aromatic heterocycles. The molecule has 0 aliphatic carbocycles. The van der Waals surface area contributed by atoms with Crippen molar-refractivity contribution >= 4 is 28.5 Å². The summed E-state index contributed by atoms with van der Waals surface area (Å²) in [5.41, 5.74) is 2.57. The maximum atomic E-state index is 12.7. The molecule has 6 nitrogen and oxygen atoms in total.